The van der Waals surface area contributed by atoms with Crippen LogP contribution in [0.2, 0.25) is 5.02 Å². The number of nitrogens with zero attached hydrogens (tertiary/aromatic N) is 2. The van der Waals surface area contributed by atoms with Gasteiger partial charge in [0.25, 0.3) is 5.91 Å². The number of hydrogen-bond donors (Lipinski definition) is 0. The molecule has 0 N–H and O–H groups in total. The van der Waals surface area contributed by atoms with Gasteiger partial charge in [-0.25, -0.2) is 4.98 Å². The van der Waals surface area contributed by atoms with Crippen molar-refractivity contribution in [1.29, 1.82) is 0 Å². The van der Waals surface area contributed by atoms with Crippen molar-refractivity contribution < 1.29 is 4.79 Å². The minimum absolute atomic E-state index is 0.114. The summed E-state index contributed by atoms with van der Waals surface area (Å²) in [5, 5.41) is 3.49. The van der Waals surface area contributed by atoms with E-state index < -0.39 is 0 Å². The first-order valence-electron chi connectivity index (χ1n) is 8.75. The van der Waals surface area contributed by atoms with Crippen molar-refractivity contribution in [1.82, 2.24) is 9.88 Å². The van der Waals surface area contributed by atoms with Crippen molar-refractivity contribution >= 4 is 28.8 Å². The van der Waals surface area contributed by atoms with Gasteiger partial charge in [0, 0.05) is 28.6 Å². The molecule has 1 amide bonds. The summed E-state index contributed by atoms with van der Waals surface area (Å²) in [5.74, 6) is 0.814. The highest BCUT2D eigenvalue weighted by molar-refractivity contribution is 7.13. The zero-order chi connectivity index (χ0) is 16.5. The van der Waals surface area contributed by atoms with Crippen LogP contribution in [0.4, 0.5) is 0 Å². The van der Waals surface area contributed by atoms with Gasteiger partial charge < -0.3 is 4.90 Å². The second-order valence-electron chi connectivity index (χ2n) is 6.80. The molecule has 1 saturated carbocycles. The Balaban J connectivity index is 1.55. The Labute approximate surface area is 151 Å². The summed E-state index contributed by atoms with van der Waals surface area (Å²) in [5.41, 5.74) is 1.61. The predicted molar refractivity (Wildman–Crippen MR) is 98.6 cm³/mol. The molecule has 4 rings (SSSR count). The molecule has 1 aromatic carbocycles. The Hall–Kier alpha value is -1.39. The Kier molecular flexibility index (Phi) is 4.59. The number of amides is 1. The van der Waals surface area contributed by atoms with Gasteiger partial charge in [-0.2, -0.15) is 0 Å². The van der Waals surface area contributed by atoms with Crippen LogP contribution in [0.15, 0.2) is 29.6 Å². The second-order valence-corrected chi connectivity index (χ2v) is 8.09. The molecule has 5 heteroatoms. The molecule has 0 bridgehead atoms. The molecule has 1 aromatic heterocycles. The maximum atomic E-state index is 13.0. The Morgan fingerprint density at radius 2 is 1.88 bits per heavy atom. The minimum atomic E-state index is 0.114. The van der Waals surface area contributed by atoms with Gasteiger partial charge in [0.1, 0.15) is 10.7 Å². The highest BCUT2D eigenvalue weighted by atomic mass is 35.5. The number of hydrogen-bond acceptors (Lipinski definition) is 3. The van der Waals surface area contributed by atoms with Crippen LogP contribution in [0.1, 0.15) is 49.0 Å². The summed E-state index contributed by atoms with van der Waals surface area (Å²) in [7, 11) is 0. The lowest BCUT2D eigenvalue weighted by Crippen LogP contribution is -2.49. The molecular weight excluding hydrogens is 340 g/mol. The lowest BCUT2D eigenvalue weighted by atomic mass is 9.78. The lowest BCUT2D eigenvalue weighted by molar-refractivity contribution is 0.0386. The molecule has 2 atom stereocenters. The number of piperidine rings is 1. The van der Waals surface area contributed by atoms with Crippen molar-refractivity contribution in [2.75, 3.05) is 6.54 Å². The van der Waals surface area contributed by atoms with Gasteiger partial charge in [0.2, 0.25) is 0 Å². The molecule has 2 heterocycles. The Morgan fingerprint density at radius 1 is 1.12 bits per heavy atom. The average molecular weight is 361 g/mol. The van der Waals surface area contributed by atoms with Gasteiger partial charge in [-0.15, -0.1) is 11.3 Å². The van der Waals surface area contributed by atoms with Crippen molar-refractivity contribution in [3.63, 3.8) is 0 Å². The van der Waals surface area contributed by atoms with Crippen LogP contribution in [0.5, 0.6) is 0 Å². The highest BCUT2D eigenvalue weighted by Gasteiger charge is 2.36. The third-order valence-corrected chi connectivity index (χ3v) is 6.46. The molecular formula is C19H21ClN2OS. The van der Waals surface area contributed by atoms with Gasteiger partial charge in [-0.05, 0) is 43.7 Å². The average Bonchev–Trinajstić information content (AvgIpc) is 3.11. The first-order chi connectivity index (χ1) is 11.7. The van der Waals surface area contributed by atoms with E-state index in [9.17, 15) is 4.79 Å². The van der Waals surface area contributed by atoms with Gasteiger partial charge in [0.15, 0.2) is 0 Å². The molecule has 2 fully saturated rings. The van der Waals surface area contributed by atoms with Crippen molar-refractivity contribution in [3.8, 4) is 10.6 Å². The molecule has 0 spiro atoms. The van der Waals surface area contributed by atoms with Crippen LogP contribution in [0.3, 0.4) is 0 Å². The number of benzene rings is 1. The van der Waals surface area contributed by atoms with Gasteiger partial charge >= 0.3 is 0 Å². The fourth-order valence-electron chi connectivity index (χ4n) is 4.12. The van der Waals surface area contributed by atoms with E-state index >= 15 is 0 Å². The molecule has 2 aromatic rings. The van der Waals surface area contributed by atoms with E-state index in [0.29, 0.717) is 22.7 Å². The minimum Gasteiger partial charge on any atom is -0.334 e. The van der Waals surface area contributed by atoms with Crippen LogP contribution in [-0.4, -0.2) is 28.4 Å². The third-order valence-electron chi connectivity index (χ3n) is 5.32. The van der Waals surface area contributed by atoms with Gasteiger partial charge in [-0.3, -0.25) is 4.79 Å². The van der Waals surface area contributed by atoms with E-state index in [0.717, 1.165) is 30.0 Å². The van der Waals surface area contributed by atoms with Gasteiger partial charge in [-0.1, -0.05) is 36.6 Å². The molecule has 2 aliphatic rings. The second kappa shape index (κ2) is 6.85. The summed E-state index contributed by atoms with van der Waals surface area (Å²) in [6.07, 6.45) is 7.41. The summed E-state index contributed by atoms with van der Waals surface area (Å²) < 4.78 is 0. The number of fused-ring (bicyclic) bond motifs is 1. The largest absolute Gasteiger partial charge is 0.334 e. The number of aromatic nitrogens is 1. The standard InChI is InChI=1S/C19H21ClN2OS/c20-15-9-7-14(8-10-15)18-21-16(12-24-18)19(23)22-11-3-5-13-4-1-2-6-17(13)22/h7-10,12-13,17H,1-6,11H2/t13-,17-/m1/s1. The lowest BCUT2D eigenvalue weighted by Gasteiger charge is -2.43. The third kappa shape index (κ3) is 3.09. The number of carbonyl (C=O) groups is 1. The summed E-state index contributed by atoms with van der Waals surface area (Å²) in [6.45, 7) is 0.883. The van der Waals surface area contributed by atoms with Gasteiger partial charge in [0.05, 0.1) is 0 Å². The van der Waals surface area contributed by atoms with Crippen LogP contribution in [-0.2, 0) is 0 Å². The van der Waals surface area contributed by atoms with E-state index in [4.69, 9.17) is 11.6 Å². The molecule has 0 radical (unpaired) electrons. The van der Waals surface area contributed by atoms with Crippen LogP contribution in [0.25, 0.3) is 10.6 Å². The van der Waals surface area contributed by atoms with E-state index in [1.54, 1.807) is 0 Å². The Morgan fingerprint density at radius 3 is 2.71 bits per heavy atom. The normalized spacial score (nSPS) is 23.8. The zero-order valence-electron chi connectivity index (χ0n) is 13.6. The number of carbonyl (C=O) groups excluding carboxylic acids is 1. The van der Waals surface area contributed by atoms with E-state index in [1.807, 2.05) is 29.6 Å². The SMILES string of the molecule is O=C(c1csc(-c2ccc(Cl)cc2)n1)N1CCC[C@H]2CCCC[C@H]21. The predicted octanol–water partition coefficient (Wildman–Crippen LogP) is 5.26. The Bertz CT molecular complexity index is 725. The quantitative estimate of drug-likeness (QED) is 0.732. The van der Waals surface area contributed by atoms with Crippen LogP contribution in [0, 0.1) is 5.92 Å². The van der Waals surface area contributed by atoms with E-state index in [-0.39, 0.29) is 5.91 Å². The molecule has 0 unspecified atom stereocenters. The smallest absolute Gasteiger partial charge is 0.273 e. The van der Waals surface area contributed by atoms with E-state index in [1.165, 1.54) is 37.0 Å². The zero-order valence-corrected chi connectivity index (χ0v) is 15.2. The van der Waals surface area contributed by atoms with Crippen LogP contribution >= 0.6 is 22.9 Å². The van der Waals surface area contributed by atoms with Crippen LogP contribution < -0.4 is 0 Å². The molecule has 24 heavy (non-hydrogen) atoms. The fourth-order valence-corrected chi connectivity index (χ4v) is 5.05. The number of likely N-dealkylation sites (tertiary alicyclic amines) is 1. The molecule has 1 saturated heterocycles. The maximum Gasteiger partial charge on any atom is 0.273 e. The molecule has 1 aliphatic carbocycles. The number of halogens is 1. The first kappa shape index (κ1) is 16.1. The fraction of sp³-hybridized carbons (Fsp3) is 0.474. The topological polar surface area (TPSA) is 33.2 Å². The highest BCUT2D eigenvalue weighted by Crippen LogP contribution is 2.36. The number of thiazole rings is 1. The van der Waals surface area contributed by atoms with E-state index in [2.05, 4.69) is 9.88 Å². The van der Waals surface area contributed by atoms with Crippen molar-refractivity contribution in [2.24, 2.45) is 5.92 Å². The molecule has 3 nitrogen and oxygen atoms in total. The first-order valence-corrected chi connectivity index (χ1v) is 10.0. The molecule has 126 valence electrons. The van der Waals surface area contributed by atoms with Crippen molar-refractivity contribution in [3.05, 3.63) is 40.4 Å². The number of rotatable bonds is 2. The summed E-state index contributed by atoms with van der Waals surface area (Å²) >= 11 is 7.47. The summed E-state index contributed by atoms with van der Waals surface area (Å²) in [6, 6.07) is 8.05. The summed E-state index contributed by atoms with van der Waals surface area (Å²) in [4.78, 5) is 19.7. The molecule has 1 aliphatic heterocycles. The van der Waals surface area contributed by atoms with Crippen molar-refractivity contribution in [2.45, 2.75) is 44.6 Å². The monoisotopic (exact) mass is 360 g/mol. The maximum absolute atomic E-state index is 13.0.